The molecule has 0 unspecified atom stereocenters. The summed E-state index contributed by atoms with van der Waals surface area (Å²) in [7, 11) is -52.0. The van der Waals surface area contributed by atoms with Crippen molar-refractivity contribution in [3.05, 3.63) is 0 Å². The van der Waals surface area contributed by atoms with Gasteiger partial charge >= 0.3 is 222 Å². The molecule has 702 valence electrons. The predicted molar refractivity (Wildman–Crippen MR) is 364 cm³/mol. The molecular weight excluding hydrogens is 1750 g/mol. The summed E-state index contributed by atoms with van der Waals surface area (Å²) in [6.45, 7) is 11.1. The molecule has 0 aliphatic carbocycles. The molecule has 103 heteroatoms. The number of quaternary nitrogens is 1. The van der Waals surface area contributed by atoms with Crippen molar-refractivity contribution in [2.24, 2.45) is 0 Å². The third kappa shape index (κ3) is 11200. The molecule has 0 aromatic carbocycles. The standard InChI is InChI=1S/C12H27N.24BH3O3.2Co.2H2O.2O/c1-4-7-10-13(11-8-5-2)12-9-6-3;24*2-1(3)4;;;;;;/h4-12H2,1-3H3;24*2-4H;;;2*1H2;;/p-1. The first-order valence-corrected chi connectivity index (χ1v) is 27.1. The van der Waals surface area contributed by atoms with E-state index in [1.54, 1.807) is 0 Å². The van der Waals surface area contributed by atoms with Crippen LogP contribution in [0, 0.1) is 0 Å². The van der Waals surface area contributed by atoms with E-state index in [0.717, 1.165) is 0 Å². The van der Waals surface area contributed by atoms with Gasteiger partial charge in [-0.25, -0.2) is 0 Å². The fourth-order valence-corrected chi connectivity index (χ4v) is 1.66. The number of rotatable bonds is 9. The van der Waals surface area contributed by atoms with Gasteiger partial charge in [-0.2, -0.15) is 0 Å². The number of hydrogen-bond acceptors (Lipinski definition) is 74. The summed E-state index contributed by atoms with van der Waals surface area (Å²) >= 11 is -1.62. The van der Waals surface area contributed by atoms with Crippen molar-refractivity contribution < 1.29 is 413 Å². The Kier molecular flexibility index (Phi) is 328. The Labute approximate surface area is 665 Å². The summed E-state index contributed by atoms with van der Waals surface area (Å²) in [5.41, 5.74) is 0. The van der Waals surface area contributed by atoms with Crippen LogP contribution in [-0.4, -0.2) is 566 Å². The van der Waals surface area contributed by atoms with Gasteiger partial charge < -0.3 is 367 Å². The predicted octanol–water partition coefficient (Wildman–Crippen LogP) is -48.3. The minimum atomic E-state index is -2.17. The van der Waals surface area contributed by atoms with Crippen molar-refractivity contribution in [3.8, 4) is 0 Å². The van der Waals surface area contributed by atoms with Crippen LogP contribution in [0.25, 0.3) is 0 Å². The van der Waals surface area contributed by atoms with Gasteiger partial charge in [-0.1, -0.05) is 40.0 Å². The summed E-state index contributed by atoms with van der Waals surface area (Å²) < 4.78 is 30.9. The van der Waals surface area contributed by atoms with E-state index in [0.29, 0.717) is 0 Å². The zero-order chi connectivity index (χ0) is 101. The van der Waals surface area contributed by atoms with E-state index in [2.05, 4.69) is 20.8 Å². The zero-order valence-electron chi connectivity index (χ0n) is 58.3. The third-order valence-electron chi connectivity index (χ3n) is 2.65. The molecule has 0 bridgehead atoms. The van der Waals surface area contributed by atoms with Crippen molar-refractivity contribution in [1.82, 2.24) is 0 Å². The van der Waals surface area contributed by atoms with Crippen LogP contribution in [0.1, 0.15) is 59.3 Å². The molecule has 77 nitrogen and oxygen atoms in total. The second kappa shape index (κ2) is 196. The monoisotopic (exact) mass is 1860 g/mol. The van der Waals surface area contributed by atoms with Crippen LogP contribution in [-0.2, 0) is 37.6 Å². The molecule has 75 N–H and O–H groups in total. The fourth-order valence-electron chi connectivity index (χ4n) is 1.66. The minimum absolute atomic E-state index is 0.812. The molecule has 0 heterocycles. The molecule has 0 saturated carbocycles. The fraction of sp³-hybridized carbons (Fsp3) is 1.00. The maximum atomic E-state index is 8.45. The number of unbranched alkanes of at least 4 members (excludes halogenated alkanes) is 3. The molecule has 0 radical (unpaired) electrons. The average molecular weight is 1850 g/mol. The van der Waals surface area contributed by atoms with Gasteiger partial charge in [0, 0.05) is 0 Å². The van der Waals surface area contributed by atoms with E-state index in [4.69, 9.17) is 378 Å². The normalized spacial score (nSPS) is 7.25. The Morgan fingerprint density at radius 2 is 0.183 bits per heavy atom. The summed E-state index contributed by atoms with van der Waals surface area (Å²) in [6, 6.07) is 0. The Bertz CT molecular complexity index is 853. The molecule has 0 saturated heterocycles. The molecule has 0 aliphatic rings. The molecule has 0 amide bonds. The van der Waals surface area contributed by atoms with Crippen LogP contribution in [0.5, 0.6) is 0 Å². The van der Waals surface area contributed by atoms with Crippen molar-refractivity contribution in [3.63, 3.8) is 0 Å². The maximum absolute atomic E-state index is 8.45. The zero-order valence-corrected chi connectivity index (χ0v) is 60.4. The first-order chi connectivity index (χ1) is 50.7. The number of nitrogens with one attached hydrogen (secondary N) is 1. The van der Waals surface area contributed by atoms with Gasteiger partial charge in [-0.3, -0.25) is 0 Å². The summed E-state index contributed by atoms with van der Waals surface area (Å²) in [5, 5.41) is 516. The Morgan fingerprint density at radius 1 is 0.148 bits per heavy atom. The Balaban J connectivity index is -0.0000000282. The second-order valence-electron chi connectivity index (χ2n) is 12.5. The van der Waals surface area contributed by atoms with E-state index in [1.165, 1.54) is 58.2 Å². The van der Waals surface area contributed by atoms with Gasteiger partial charge in [-0.05, 0) is 19.3 Å². The Morgan fingerprint density at radius 3 is 0.209 bits per heavy atom. The topological polar surface area (TPSA) is 1540 Å². The Hall–Kier alpha value is -0.829. The van der Waals surface area contributed by atoms with Crippen LogP contribution in [0.15, 0.2) is 0 Å². The molecule has 0 aliphatic heterocycles. The van der Waals surface area contributed by atoms with Crippen LogP contribution < -0.4 is 4.90 Å². The quantitative estimate of drug-likeness (QED) is 0.0953. The van der Waals surface area contributed by atoms with Crippen molar-refractivity contribution in [1.29, 1.82) is 0 Å². The first kappa shape index (κ1) is 192. The average Bonchev–Trinajstić information content (AvgIpc) is 1.01. The van der Waals surface area contributed by atoms with Crippen molar-refractivity contribution >= 4 is 176 Å². The van der Waals surface area contributed by atoms with Gasteiger partial charge in [0.25, 0.3) is 0 Å². The van der Waals surface area contributed by atoms with E-state index < -0.39 is 206 Å². The van der Waals surface area contributed by atoms with Crippen LogP contribution in [0.2, 0.25) is 0 Å². The van der Waals surface area contributed by atoms with E-state index >= 15 is 0 Å². The van der Waals surface area contributed by atoms with Crippen LogP contribution >= 0.6 is 0 Å². The van der Waals surface area contributed by atoms with Gasteiger partial charge in [0.2, 0.25) is 0 Å². The second-order valence-corrected chi connectivity index (χ2v) is 12.9. The summed E-state index contributed by atoms with van der Waals surface area (Å²) in [4.78, 5) is 1.84. The molecule has 0 spiro atoms. The van der Waals surface area contributed by atoms with Crippen LogP contribution in [0.3, 0.4) is 0 Å². The first-order valence-electron chi connectivity index (χ1n) is 25.3. The molecule has 115 heavy (non-hydrogen) atoms. The summed E-state index contributed by atoms with van der Waals surface area (Å²) in [6.07, 6.45) is 8.26. The number of hydrogen-bond donors (Lipinski definition) is 75. The van der Waals surface area contributed by atoms with E-state index in [9.17, 15) is 0 Å². The van der Waals surface area contributed by atoms with Crippen LogP contribution in [0.4, 0.5) is 0 Å². The third-order valence-corrected chi connectivity index (χ3v) is 2.65. The van der Waals surface area contributed by atoms with Crippen molar-refractivity contribution in [2.45, 2.75) is 59.3 Å². The molecule has 0 aromatic heterocycles. The SMILES string of the molecule is CCCC[NH+](CCCC)CCCC.OB(O)O.OB(O)O.OB(O)O.OB(O)O.OB(O)O.OB(O)O.OB(O)O.OB(O)O.OB(O)O.OB(O)O.OB(O)O.OB(O)O.OB(O)O.OB(O)O.OB(O)O.OB(O)O.OB(O)O.OB(O)O.OB(O)O.OB(O)O.OB(O)O.OB(O)O.OB(O)O.OB(O)O.[O]=[Co-][OH].[O]=[Co-][OH]. The van der Waals surface area contributed by atoms with Gasteiger partial charge in [0.05, 0.1) is 19.6 Å². The van der Waals surface area contributed by atoms with Gasteiger partial charge in [-0.15, -0.1) is 0 Å². The van der Waals surface area contributed by atoms with E-state index in [-0.39, 0.29) is 0 Å². The molecule has 0 fully saturated rings. The molecule has 0 rings (SSSR count). The van der Waals surface area contributed by atoms with Gasteiger partial charge in [0.15, 0.2) is 0 Å². The summed E-state index contributed by atoms with van der Waals surface area (Å²) in [5.74, 6) is 0. The van der Waals surface area contributed by atoms with Gasteiger partial charge in [0.1, 0.15) is 0 Å². The molecule has 0 aromatic rings. The van der Waals surface area contributed by atoms with E-state index in [1.807, 2.05) is 4.90 Å². The molecule has 0 atom stereocenters. The molecular formula is C12H102B24Co2NO76-. The van der Waals surface area contributed by atoms with Crippen molar-refractivity contribution in [2.75, 3.05) is 19.6 Å².